The predicted octanol–water partition coefficient (Wildman–Crippen LogP) is 4.08. The van der Waals surface area contributed by atoms with Crippen molar-refractivity contribution < 1.29 is 9.59 Å². The van der Waals surface area contributed by atoms with E-state index in [1.165, 1.54) is 5.56 Å². The van der Waals surface area contributed by atoms with Gasteiger partial charge in [0.2, 0.25) is 5.91 Å². The summed E-state index contributed by atoms with van der Waals surface area (Å²) in [5, 5.41) is 3.82. The molecule has 0 saturated carbocycles. The molecule has 0 aromatic heterocycles. The summed E-state index contributed by atoms with van der Waals surface area (Å²) in [6, 6.07) is 17.1. The summed E-state index contributed by atoms with van der Waals surface area (Å²) in [4.78, 5) is 26.7. The smallest absolute Gasteiger partial charge is 0.253 e. The van der Waals surface area contributed by atoms with Crippen molar-refractivity contribution in [2.75, 3.05) is 13.1 Å². The molecule has 0 radical (unpaired) electrons. The van der Waals surface area contributed by atoms with Crippen molar-refractivity contribution in [3.8, 4) is 0 Å². The van der Waals surface area contributed by atoms with Gasteiger partial charge in [0.05, 0.1) is 0 Å². The SMILES string of the molecule is O=C(CCCc1ccc(Cl)cc1)NC1CCCN(C(=O)c2ccccc2)C1. The van der Waals surface area contributed by atoms with Crippen molar-refractivity contribution in [2.45, 2.75) is 38.1 Å². The molecule has 1 aliphatic rings. The summed E-state index contributed by atoms with van der Waals surface area (Å²) in [5.41, 5.74) is 1.89. The number of amides is 2. The molecule has 1 atom stereocenters. The highest BCUT2D eigenvalue weighted by Crippen LogP contribution is 2.15. The second kappa shape index (κ2) is 9.56. The molecule has 2 aromatic carbocycles. The Morgan fingerprint density at radius 2 is 1.81 bits per heavy atom. The van der Waals surface area contributed by atoms with E-state index in [1.807, 2.05) is 59.5 Å². The summed E-state index contributed by atoms with van der Waals surface area (Å²) >= 11 is 5.89. The first-order valence-electron chi connectivity index (χ1n) is 9.50. The first-order valence-corrected chi connectivity index (χ1v) is 9.88. The van der Waals surface area contributed by atoms with E-state index in [9.17, 15) is 9.59 Å². The van der Waals surface area contributed by atoms with Crippen LogP contribution in [0.4, 0.5) is 0 Å². The predicted molar refractivity (Wildman–Crippen MR) is 108 cm³/mol. The van der Waals surface area contributed by atoms with Gasteiger partial charge < -0.3 is 10.2 Å². The summed E-state index contributed by atoms with van der Waals surface area (Å²) in [6.07, 6.45) is 3.97. The summed E-state index contributed by atoms with van der Waals surface area (Å²) in [6.45, 7) is 1.33. The molecule has 2 aromatic rings. The number of nitrogens with one attached hydrogen (secondary N) is 1. The summed E-state index contributed by atoms with van der Waals surface area (Å²) in [5.74, 6) is 0.0975. The molecule has 3 rings (SSSR count). The lowest BCUT2D eigenvalue weighted by atomic mass is 10.0. The second-order valence-corrected chi connectivity index (χ2v) is 7.44. The maximum absolute atomic E-state index is 12.6. The molecule has 1 heterocycles. The largest absolute Gasteiger partial charge is 0.352 e. The number of carbonyl (C=O) groups is 2. The Kier molecular flexibility index (Phi) is 6.88. The van der Waals surface area contributed by atoms with Crippen LogP contribution in [0, 0.1) is 0 Å². The highest BCUT2D eigenvalue weighted by atomic mass is 35.5. The van der Waals surface area contributed by atoms with Gasteiger partial charge in [0.25, 0.3) is 5.91 Å². The van der Waals surface area contributed by atoms with Gasteiger partial charge >= 0.3 is 0 Å². The third-order valence-corrected chi connectivity index (χ3v) is 5.13. The first kappa shape index (κ1) is 19.4. The Morgan fingerprint density at radius 1 is 1.07 bits per heavy atom. The van der Waals surface area contributed by atoms with Crippen LogP contribution in [0.5, 0.6) is 0 Å². The minimum Gasteiger partial charge on any atom is -0.352 e. The van der Waals surface area contributed by atoms with Crippen LogP contribution in [0.25, 0.3) is 0 Å². The highest BCUT2D eigenvalue weighted by Gasteiger charge is 2.25. The molecule has 1 saturated heterocycles. The molecule has 2 amide bonds. The molecule has 1 aliphatic heterocycles. The van der Waals surface area contributed by atoms with Gasteiger partial charge in [-0.1, -0.05) is 41.9 Å². The van der Waals surface area contributed by atoms with Crippen LogP contribution >= 0.6 is 11.6 Å². The van der Waals surface area contributed by atoms with E-state index >= 15 is 0 Å². The van der Waals surface area contributed by atoms with Crippen LogP contribution in [0.15, 0.2) is 54.6 Å². The quantitative estimate of drug-likeness (QED) is 0.815. The Labute approximate surface area is 165 Å². The number of hydrogen-bond acceptors (Lipinski definition) is 2. The Balaban J connectivity index is 1.43. The maximum atomic E-state index is 12.6. The lowest BCUT2D eigenvalue weighted by Crippen LogP contribution is -2.49. The zero-order chi connectivity index (χ0) is 19.1. The molecule has 4 nitrogen and oxygen atoms in total. The van der Waals surface area contributed by atoms with Crippen LogP contribution in [-0.4, -0.2) is 35.8 Å². The van der Waals surface area contributed by atoms with Crippen LogP contribution in [0.1, 0.15) is 41.6 Å². The fourth-order valence-electron chi connectivity index (χ4n) is 3.45. The number of halogens is 1. The van der Waals surface area contributed by atoms with E-state index in [2.05, 4.69) is 5.32 Å². The van der Waals surface area contributed by atoms with Gasteiger partial charge in [-0.15, -0.1) is 0 Å². The third kappa shape index (κ3) is 5.83. The Bertz CT molecular complexity index is 762. The van der Waals surface area contributed by atoms with Crippen molar-refractivity contribution in [3.05, 3.63) is 70.7 Å². The van der Waals surface area contributed by atoms with Gasteiger partial charge in [-0.2, -0.15) is 0 Å². The molecule has 0 bridgehead atoms. The maximum Gasteiger partial charge on any atom is 0.253 e. The molecule has 0 spiro atoms. The molecule has 1 unspecified atom stereocenters. The number of nitrogens with zero attached hydrogens (tertiary/aromatic N) is 1. The van der Waals surface area contributed by atoms with E-state index in [4.69, 9.17) is 11.6 Å². The van der Waals surface area contributed by atoms with E-state index < -0.39 is 0 Å². The number of likely N-dealkylation sites (tertiary alicyclic amines) is 1. The van der Waals surface area contributed by atoms with Crippen molar-refractivity contribution in [1.82, 2.24) is 10.2 Å². The second-order valence-electron chi connectivity index (χ2n) is 7.00. The van der Waals surface area contributed by atoms with Gasteiger partial charge in [0, 0.05) is 36.1 Å². The zero-order valence-corrected chi connectivity index (χ0v) is 16.1. The van der Waals surface area contributed by atoms with E-state index in [-0.39, 0.29) is 17.9 Å². The van der Waals surface area contributed by atoms with E-state index in [0.717, 1.165) is 37.3 Å². The topological polar surface area (TPSA) is 49.4 Å². The van der Waals surface area contributed by atoms with Crippen LogP contribution in [0.2, 0.25) is 5.02 Å². The van der Waals surface area contributed by atoms with Crippen LogP contribution < -0.4 is 5.32 Å². The van der Waals surface area contributed by atoms with Gasteiger partial charge in [0.15, 0.2) is 0 Å². The number of rotatable bonds is 6. The number of piperidine rings is 1. The van der Waals surface area contributed by atoms with Gasteiger partial charge in [-0.3, -0.25) is 9.59 Å². The Hall–Kier alpha value is -2.33. The molecule has 0 aliphatic carbocycles. The van der Waals surface area contributed by atoms with Crippen molar-refractivity contribution in [2.24, 2.45) is 0 Å². The minimum absolute atomic E-state index is 0.0365. The lowest BCUT2D eigenvalue weighted by molar-refractivity contribution is -0.122. The molecule has 5 heteroatoms. The highest BCUT2D eigenvalue weighted by molar-refractivity contribution is 6.30. The van der Waals surface area contributed by atoms with Gasteiger partial charge in [0.1, 0.15) is 0 Å². The lowest BCUT2D eigenvalue weighted by Gasteiger charge is -2.33. The average Bonchev–Trinajstić information content (AvgIpc) is 2.70. The summed E-state index contributed by atoms with van der Waals surface area (Å²) in [7, 11) is 0. The standard InChI is InChI=1S/C22H25ClN2O2/c23-19-13-11-17(12-14-19)6-4-10-21(26)24-20-9-5-15-25(16-20)22(27)18-7-2-1-3-8-18/h1-3,7-8,11-14,20H,4-6,9-10,15-16H2,(H,24,26). The third-order valence-electron chi connectivity index (χ3n) is 4.88. The van der Waals surface area contributed by atoms with Crippen molar-refractivity contribution in [1.29, 1.82) is 0 Å². The first-order chi connectivity index (χ1) is 13.1. The zero-order valence-electron chi connectivity index (χ0n) is 15.4. The molecule has 142 valence electrons. The number of aryl methyl sites for hydroxylation is 1. The minimum atomic E-state index is 0.0365. The molecular weight excluding hydrogens is 360 g/mol. The average molecular weight is 385 g/mol. The fourth-order valence-corrected chi connectivity index (χ4v) is 3.57. The Morgan fingerprint density at radius 3 is 2.56 bits per heavy atom. The van der Waals surface area contributed by atoms with Crippen LogP contribution in [0.3, 0.4) is 0 Å². The molecule has 27 heavy (non-hydrogen) atoms. The van der Waals surface area contributed by atoms with Gasteiger partial charge in [-0.25, -0.2) is 0 Å². The number of hydrogen-bond donors (Lipinski definition) is 1. The van der Waals surface area contributed by atoms with Crippen LogP contribution in [-0.2, 0) is 11.2 Å². The number of carbonyl (C=O) groups excluding carboxylic acids is 2. The fraction of sp³-hybridized carbons (Fsp3) is 0.364. The van der Waals surface area contributed by atoms with Crippen molar-refractivity contribution >= 4 is 23.4 Å². The van der Waals surface area contributed by atoms with Crippen molar-refractivity contribution in [3.63, 3.8) is 0 Å². The van der Waals surface area contributed by atoms with E-state index in [0.29, 0.717) is 18.5 Å². The molecule has 1 N–H and O–H groups in total. The normalized spacial score (nSPS) is 16.8. The molecule has 1 fully saturated rings. The van der Waals surface area contributed by atoms with Gasteiger partial charge in [-0.05, 0) is 55.5 Å². The monoisotopic (exact) mass is 384 g/mol. The number of benzene rings is 2. The molecular formula is C22H25ClN2O2. The van der Waals surface area contributed by atoms with E-state index in [1.54, 1.807) is 0 Å². The summed E-state index contributed by atoms with van der Waals surface area (Å²) < 4.78 is 0.